The molecule has 0 heterocycles. The molecule has 0 aromatic carbocycles. The average Bonchev–Trinajstić information content (AvgIpc) is 2.10. The zero-order valence-corrected chi connectivity index (χ0v) is 7.93. The Morgan fingerprint density at radius 3 is 2.00 bits per heavy atom. The average molecular weight is 253 g/mol. The van der Waals surface area contributed by atoms with E-state index in [0.717, 1.165) is 12.8 Å². The van der Waals surface area contributed by atoms with Crippen LogP contribution in [-0.2, 0) is 9.59 Å². The number of rotatable bonds is 7. The molecule has 0 aliphatic heterocycles. The van der Waals surface area contributed by atoms with E-state index in [1.54, 1.807) is 0 Å². The molecule has 0 saturated carbocycles. The van der Waals surface area contributed by atoms with Gasteiger partial charge in [-0.15, -0.1) is 0 Å². The standard InChI is InChI=1S/C8H15NO5.2Na.2H/c1-2-3-4-9-5(7(11)12)6(10)8(13)14;;;;/h5-6,9-10H,2-4H2,1H3,(H,11,12)(H,13,14);;;;. The third-order valence-electron chi connectivity index (χ3n) is 1.73. The molecule has 0 bridgehead atoms. The third-order valence-corrected chi connectivity index (χ3v) is 1.73. The summed E-state index contributed by atoms with van der Waals surface area (Å²) in [6.07, 6.45) is -0.317. The summed E-state index contributed by atoms with van der Waals surface area (Å²) in [6, 6.07) is -1.45. The van der Waals surface area contributed by atoms with Crippen LogP contribution in [0.5, 0.6) is 0 Å². The van der Waals surface area contributed by atoms with Gasteiger partial charge in [0.25, 0.3) is 0 Å². The van der Waals surface area contributed by atoms with Crippen molar-refractivity contribution in [2.45, 2.75) is 31.9 Å². The van der Waals surface area contributed by atoms with E-state index in [0.29, 0.717) is 6.54 Å². The second-order valence-electron chi connectivity index (χ2n) is 2.91. The molecule has 16 heavy (non-hydrogen) atoms. The van der Waals surface area contributed by atoms with Crippen LogP contribution in [0.25, 0.3) is 0 Å². The molecule has 0 radical (unpaired) electrons. The summed E-state index contributed by atoms with van der Waals surface area (Å²) < 4.78 is 0. The van der Waals surface area contributed by atoms with Gasteiger partial charge in [0.15, 0.2) is 6.10 Å². The van der Waals surface area contributed by atoms with Crippen molar-refractivity contribution in [1.29, 1.82) is 0 Å². The molecule has 86 valence electrons. The normalized spacial score (nSPS) is 12.9. The van der Waals surface area contributed by atoms with E-state index in [9.17, 15) is 9.59 Å². The van der Waals surface area contributed by atoms with Gasteiger partial charge in [-0.1, -0.05) is 13.3 Å². The fourth-order valence-corrected chi connectivity index (χ4v) is 0.911. The van der Waals surface area contributed by atoms with E-state index < -0.39 is 24.1 Å². The molecule has 0 aromatic heterocycles. The number of aliphatic carboxylic acids is 2. The molecule has 0 amide bonds. The molecule has 0 aliphatic rings. The van der Waals surface area contributed by atoms with Crippen LogP contribution >= 0.6 is 0 Å². The van der Waals surface area contributed by atoms with E-state index in [1.807, 2.05) is 6.92 Å². The van der Waals surface area contributed by atoms with Gasteiger partial charge >= 0.3 is 71.1 Å². The predicted molar refractivity (Wildman–Crippen MR) is 62.3 cm³/mol. The first-order valence-corrected chi connectivity index (χ1v) is 4.37. The van der Waals surface area contributed by atoms with Gasteiger partial charge in [-0.25, -0.2) is 4.79 Å². The van der Waals surface area contributed by atoms with Gasteiger partial charge in [0, 0.05) is 0 Å². The maximum absolute atomic E-state index is 10.6. The number of carboxylic acids is 2. The molecule has 4 N–H and O–H groups in total. The summed E-state index contributed by atoms with van der Waals surface area (Å²) >= 11 is 0. The number of hydrogen-bond donors (Lipinski definition) is 4. The SMILES string of the molecule is CCCCNC(C(=O)O)C(O)C(=O)O.[NaH].[NaH]. The topological polar surface area (TPSA) is 107 Å². The second-order valence-corrected chi connectivity index (χ2v) is 2.91. The summed E-state index contributed by atoms with van der Waals surface area (Å²) in [6.45, 7) is 2.29. The summed E-state index contributed by atoms with van der Waals surface area (Å²) in [5.74, 6) is -2.91. The van der Waals surface area contributed by atoms with Crippen molar-refractivity contribution in [2.75, 3.05) is 6.54 Å². The first kappa shape index (κ1) is 22.1. The van der Waals surface area contributed by atoms with Gasteiger partial charge in [0.2, 0.25) is 0 Å². The van der Waals surface area contributed by atoms with Crippen LogP contribution in [0.3, 0.4) is 0 Å². The van der Waals surface area contributed by atoms with E-state index in [-0.39, 0.29) is 59.1 Å². The summed E-state index contributed by atoms with van der Waals surface area (Å²) in [5.41, 5.74) is 0. The summed E-state index contributed by atoms with van der Waals surface area (Å²) in [5, 5.41) is 28.5. The molecule has 0 fully saturated rings. The molecule has 0 saturated heterocycles. The monoisotopic (exact) mass is 253 g/mol. The van der Waals surface area contributed by atoms with Crippen LogP contribution in [0, 0.1) is 0 Å². The number of nitrogens with one attached hydrogen (secondary N) is 1. The molecule has 8 heteroatoms. The molecule has 2 atom stereocenters. The molecule has 0 aliphatic carbocycles. The van der Waals surface area contributed by atoms with Crippen molar-refractivity contribution in [3.8, 4) is 0 Å². The van der Waals surface area contributed by atoms with Gasteiger partial charge in [0.1, 0.15) is 6.04 Å². The molecule has 0 rings (SSSR count). The van der Waals surface area contributed by atoms with E-state index >= 15 is 0 Å². The van der Waals surface area contributed by atoms with Gasteiger partial charge in [0.05, 0.1) is 0 Å². The quantitative estimate of drug-likeness (QED) is 0.308. The minimum atomic E-state index is -1.91. The first-order chi connectivity index (χ1) is 6.50. The number of carbonyl (C=O) groups is 2. The van der Waals surface area contributed by atoms with Crippen molar-refractivity contribution >= 4 is 71.1 Å². The third kappa shape index (κ3) is 8.95. The Balaban J connectivity index is -0.000000845. The van der Waals surface area contributed by atoms with Crippen molar-refractivity contribution < 1.29 is 24.9 Å². The van der Waals surface area contributed by atoms with E-state index in [1.165, 1.54) is 0 Å². The first-order valence-electron chi connectivity index (χ1n) is 4.37. The number of aliphatic hydroxyl groups is 1. The van der Waals surface area contributed by atoms with E-state index in [4.69, 9.17) is 15.3 Å². The number of aliphatic hydroxyl groups excluding tert-OH is 1. The van der Waals surface area contributed by atoms with Gasteiger partial charge in [-0.2, -0.15) is 0 Å². The number of unbranched alkanes of at least 4 members (excludes halogenated alkanes) is 1. The van der Waals surface area contributed by atoms with Gasteiger partial charge < -0.3 is 20.6 Å². The Morgan fingerprint density at radius 1 is 1.19 bits per heavy atom. The molecule has 6 nitrogen and oxygen atoms in total. The molecule has 2 unspecified atom stereocenters. The Bertz CT molecular complexity index is 215. The summed E-state index contributed by atoms with van der Waals surface area (Å²) in [7, 11) is 0. The number of hydrogen-bond acceptors (Lipinski definition) is 4. The van der Waals surface area contributed by atoms with Crippen LogP contribution in [0.15, 0.2) is 0 Å². The van der Waals surface area contributed by atoms with Crippen molar-refractivity contribution in [2.24, 2.45) is 0 Å². The Labute approximate surface area is 138 Å². The number of carboxylic acid groups (broad SMARTS) is 2. The van der Waals surface area contributed by atoms with Crippen molar-refractivity contribution in [1.82, 2.24) is 5.32 Å². The Kier molecular flexibility index (Phi) is 17.0. The van der Waals surface area contributed by atoms with Crippen LogP contribution in [0.1, 0.15) is 19.8 Å². The van der Waals surface area contributed by atoms with Crippen LogP contribution in [-0.4, -0.2) is 105 Å². The van der Waals surface area contributed by atoms with E-state index in [2.05, 4.69) is 5.32 Å². The fourth-order valence-electron chi connectivity index (χ4n) is 0.911. The van der Waals surface area contributed by atoms with Crippen molar-refractivity contribution in [3.63, 3.8) is 0 Å². The Hall–Kier alpha value is 0.860. The summed E-state index contributed by atoms with van der Waals surface area (Å²) in [4.78, 5) is 20.9. The second kappa shape index (κ2) is 12.3. The van der Waals surface area contributed by atoms with Gasteiger partial charge in [-0.3, -0.25) is 4.79 Å². The van der Waals surface area contributed by atoms with Crippen LogP contribution < -0.4 is 5.32 Å². The fraction of sp³-hybridized carbons (Fsp3) is 0.750. The molecule has 0 spiro atoms. The zero-order chi connectivity index (χ0) is 11.1. The van der Waals surface area contributed by atoms with Crippen LogP contribution in [0.4, 0.5) is 0 Å². The molecular weight excluding hydrogens is 236 g/mol. The molecule has 0 aromatic rings. The maximum atomic E-state index is 10.6. The predicted octanol–water partition coefficient (Wildman–Crippen LogP) is -2.02. The molecular formula is C8H17NNa2O5. The van der Waals surface area contributed by atoms with Crippen molar-refractivity contribution in [3.05, 3.63) is 0 Å². The zero-order valence-electron chi connectivity index (χ0n) is 7.93. The Morgan fingerprint density at radius 2 is 1.69 bits per heavy atom. The minimum absolute atomic E-state index is 0. The van der Waals surface area contributed by atoms with Gasteiger partial charge in [-0.05, 0) is 13.0 Å². The van der Waals surface area contributed by atoms with Crippen LogP contribution in [0.2, 0.25) is 0 Å².